The zero-order valence-corrected chi connectivity index (χ0v) is 14.5. The summed E-state index contributed by atoms with van der Waals surface area (Å²) in [5, 5.41) is 24.4. The molecule has 0 spiro atoms. The van der Waals surface area contributed by atoms with Gasteiger partial charge in [0.15, 0.2) is 12.4 Å². The molecular weight excluding hydrogens is 352 g/mol. The number of carboxylic acid groups (broad SMARTS) is 1. The second-order valence-electron chi connectivity index (χ2n) is 6.28. The first-order valence-corrected chi connectivity index (χ1v) is 8.60. The van der Waals surface area contributed by atoms with Crippen LogP contribution in [0.5, 0.6) is 0 Å². The highest BCUT2D eigenvalue weighted by atomic mass is 16.7. The van der Waals surface area contributed by atoms with Gasteiger partial charge in [-0.2, -0.15) is 0 Å². The third-order valence-corrected chi connectivity index (χ3v) is 4.34. The highest BCUT2D eigenvalue weighted by Gasteiger charge is 2.49. The number of hydrogen-bond acceptors (Lipinski definition) is 7. The van der Waals surface area contributed by atoms with E-state index in [1.54, 1.807) is 0 Å². The number of aliphatic hydroxyl groups is 2. The van der Waals surface area contributed by atoms with E-state index in [0.29, 0.717) is 0 Å². The minimum absolute atomic E-state index is 0.116. The van der Waals surface area contributed by atoms with E-state index < -0.39 is 36.7 Å². The topological polar surface area (TPSA) is 105 Å². The Balaban J connectivity index is 1.78. The number of ether oxygens (including phenoxy) is 3. The molecular formula is C20H22O7. The van der Waals surface area contributed by atoms with Crippen molar-refractivity contribution in [2.75, 3.05) is 0 Å². The fourth-order valence-electron chi connectivity index (χ4n) is 2.94. The number of hydrogen-bond donors (Lipinski definition) is 3. The number of carboxylic acids is 1. The van der Waals surface area contributed by atoms with Crippen molar-refractivity contribution in [3.8, 4) is 0 Å². The van der Waals surface area contributed by atoms with Crippen molar-refractivity contribution < 1.29 is 34.3 Å². The van der Waals surface area contributed by atoms with Crippen LogP contribution in [-0.2, 0) is 32.2 Å². The molecule has 1 aliphatic rings. The van der Waals surface area contributed by atoms with Gasteiger partial charge in [0.1, 0.15) is 18.3 Å². The molecule has 2 aromatic carbocycles. The molecule has 1 heterocycles. The van der Waals surface area contributed by atoms with Crippen molar-refractivity contribution in [3.63, 3.8) is 0 Å². The summed E-state index contributed by atoms with van der Waals surface area (Å²) in [5.74, 6) is -1.04. The molecule has 144 valence electrons. The Kier molecular flexibility index (Phi) is 6.08. The van der Waals surface area contributed by atoms with Gasteiger partial charge in [-0.1, -0.05) is 60.7 Å². The van der Waals surface area contributed by atoms with Crippen molar-refractivity contribution in [2.24, 2.45) is 0 Å². The van der Waals surface area contributed by atoms with Crippen LogP contribution in [0.3, 0.4) is 0 Å². The van der Waals surface area contributed by atoms with Crippen molar-refractivity contribution >= 4 is 5.97 Å². The molecule has 7 nitrogen and oxygen atoms in total. The van der Waals surface area contributed by atoms with Crippen LogP contribution >= 0.6 is 0 Å². The van der Waals surface area contributed by atoms with E-state index in [-0.39, 0.29) is 13.2 Å². The third-order valence-electron chi connectivity index (χ3n) is 4.34. The van der Waals surface area contributed by atoms with Crippen molar-refractivity contribution in [3.05, 3.63) is 71.8 Å². The number of aliphatic hydroxyl groups excluding tert-OH is 2. The quantitative estimate of drug-likeness (QED) is 0.670. The Hall–Kier alpha value is -2.29. The van der Waals surface area contributed by atoms with Gasteiger partial charge in [0.25, 0.3) is 1.43 Å². The summed E-state index contributed by atoms with van der Waals surface area (Å²) in [7, 11) is 0. The predicted octanol–water partition coefficient (Wildman–Crippen LogP) is 1.32. The molecule has 0 aliphatic carbocycles. The standard InChI is InChI=1S/C20H22O7/c21-15-16(25-11-13-7-3-1-4-8-13)17(18(19(22)23)27-20(15)24)26-12-14-9-5-2-6-10-14/h1-10,15-18,20-21,24H,11-12H2,(H,22,23)/t15-,16-,17-,18+,20+/m1/s1/i/hD. The van der Waals surface area contributed by atoms with Gasteiger partial charge in [0.2, 0.25) is 0 Å². The van der Waals surface area contributed by atoms with Crippen LogP contribution in [-0.4, -0.2) is 52.0 Å². The Labute approximate surface area is 158 Å². The Morgan fingerprint density at radius 3 is 1.96 bits per heavy atom. The minimum Gasteiger partial charge on any atom is -0.479 e. The first-order valence-electron chi connectivity index (χ1n) is 9.00. The molecule has 1 fully saturated rings. The van der Waals surface area contributed by atoms with E-state index in [4.69, 9.17) is 15.6 Å². The average molecular weight is 375 g/mol. The maximum atomic E-state index is 12.0. The van der Waals surface area contributed by atoms with Gasteiger partial charge in [-0.05, 0) is 11.1 Å². The van der Waals surface area contributed by atoms with Crippen LogP contribution in [0.15, 0.2) is 60.7 Å². The molecule has 0 radical (unpaired) electrons. The van der Waals surface area contributed by atoms with Crippen molar-refractivity contribution in [1.82, 2.24) is 0 Å². The summed E-state index contributed by atoms with van der Waals surface area (Å²) in [6, 6.07) is 18.5. The van der Waals surface area contributed by atoms with Crippen LogP contribution < -0.4 is 0 Å². The SMILES string of the molecule is [2H]OC(=O)[C@H]1O[C@H](O)[C@H](O)[C@@H](OCc2ccccc2)[C@H]1OCc1ccccc1. The van der Waals surface area contributed by atoms with Crippen LogP contribution in [0.1, 0.15) is 11.1 Å². The molecule has 3 N–H and O–H groups in total. The average Bonchev–Trinajstić information content (AvgIpc) is 2.74. The smallest absolute Gasteiger partial charge is 0.335 e. The van der Waals surface area contributed by atoms with Gasteiger partial charge >= 0.3 is 5.97 Å². The van der Waals surface area contributed by atoms with Crippen LogP contribution in [0.4, 0.5) is 0 Å². The van der Waals surface area contributed by atoms with Gasteiger partial charge in [0, 0.05) is 0 Å². The van der Waals surface area contributed by atoms with Gasteiger partial charge in [0.05, 0.1) is 13.2 Å². The van der Waals surface area contributed by atoms with E-state index in [9.17, 15) is 15.0 Å². The lowest BCUT2D eigenvalue weighted by molar-refractivity contribution is -0.297. The summed E-state index contributed by atoms with van der Waals surface area (Å²) in [5.41, 5.74) is 1.68. The van der Waals surface area contributed by atoms with Gasteiger partial charge in [-0.15, -0.1) is 0 Å². The number of carbonyl (C=O) groups is 1. The summed E-state index contributed by atoms with van der Waals surface area (Å²) in [6.45, 7) is 0.244. The first-order chi connectivity index (χ1) is 13.6. The zero-order valence-electron chi connectivity index (χ0n) is 15.5. The predicted molar refractivity (Wildman–Crippen MR) is 94.6 cm³/mol. The van der Waals surface area contributed by atoms with E-state index in [1.807, 2.05) is 60.7 Å². The second-order valence-corrected chi connectivity index (χ2v) is 6.28. The fourth-order valence-corrected chi connectivity index (χ4v) is 2.94. The van der Waals surface area contributed by atoms with E-state index in [2.05, 4.69) is 5.11 Å². The Morgan fingerprint density at radius 2 is 1.44 bits per heavy atom. The number of benzene rings is 2. The van der Waals surface area contributed by atoms with E-state index in [0.717, 1.165) is 11.1 Å². The number of rotatable bonds is 7. The summed E-state index contributed by atoms with van der Waals surface area (Å²) < 4.78 is 23.6. The molecule has 3 rings (SSSR count). The lowest BCUT2D eigenvalue weighted by atomic mass is 9.98. The van der Waals surface area contributed by atoms with E-state index >= 15 is 0 Å². The molecule has 0 unspecified atom stereocenters. The maximum absolute atomic E-state index is 12.0. The highest BCUT2D eigenvalue weighted by Crippen LogP contribution is 2.27. The van der Waals surface area contributed by atoms with E-state index in [1.165, 1.54) is 0 Å². The van der Waals surface area contributed by atoms with Crippen LogP contribution in [0, 0.1) is 0 Å². The normalized spacial score (nSPS) is 28.4. The molecule has 0 amide bonds. The van der Waals surface area contributed by atoms with Crippen LogP contribution in [0.25, 0.3) is 1.43 Å². The largest absolute Gasteiger partial charge is 0.479 e. The van der Waals surface area contributed by atoms with Gasteiger partial charge in [-0.25, -0.2) is 4.79 Å². The maximum Gasteiger partial charge on any atom is 0.335 e. The third kappa shape index (κ3) is 4.91. The van der Waals surface area contributed by atoms with Crippen molar-refractivity contribution in [2.45, 2.75) is 43.9 Å². The Morgan fingerprint density at radius 1 is 0.926 bits per heavy atom. The molecule has 2 aromatic rings. The molecule has 0 saturated carbocycles. The highest BCUT2D eigenvalue weighted by molar-refractivity contribution is 5.73. The molecule has 27 heavy (non-hydrogen) atoms. The molecule has 7 heteroatoms. The van der Waals surface area contributed by atoms with Gasteiger partial charge < -0.3 is 29.5 Å². The summed E-state index contributed by atoms with van der Waals surface area (Å²) in [6.07, 6.45) is -6.70. The first kappa shape index (κ1) is 18.1. The lowest BCUT2D eigenvalue weighted by Gasteiger charge is -2.41. The lowest BCUT2D eigenvalue weighted by Crippen LogP contribution is -2.61. The summed E-state index contributed by atoms with van der Waals surface area (Å²) >= 11 is 0. The van der Waals surface area contributed by atoms with Crippen molar-refractivity contribution in [1.29, 1.82) is 1.43 Å². The molecule has 0 aromatic heterocycles. The molecule has 0 bridgehead atoms. The molecule has 1 aliphatic heterocycles. The van der Waals surface area contributed by atoms with Gasteiger partial charge in [-0.3, -0.25) is 0 Å². The minimum atomic E-state index is -1.68. The van der Waals surface area contributed by atoms with Crippen LogP contribution in [0.2, 0.25) is 0 Å². The zero-order chi connectivity index (χ0) is 19.9. The fraction of sp³-hybridized carbons (Fsp3) is 0.350. The molecule has 5 atom stereocenters. The molecule has 1 saturated heterocycles. The second kappa shape index (κ2) is 9.07. The monoisotopic (exact) mass is 375 g/mol. The number of aliphatic carboxylic acids is 1. The summed E-state index contributed by atoms with van der Waals surface area (Å²) in [4.78, 5) is 12.0. The Bertz CT molecular complexity index is 743.